The van der Waals surface area contributed by atoms with Crippen LogP contribution in [0.2, 0.25) is 0 Å². The summed E-state index contributed by atoms with van der Waals surface area (Å²) in [5.74, 6) is -2.19. The number of carbonyl (C=O) groups is 2. The number of carbonyl (C=O) groups excluding carboxylic acids is 1. The van der Waals surface area contributed by atoms with E-state index in [0.29, 0.717) is 12.8 Å². The van der Waals surface area contributed by atoms with E-state index in [0.717, 1.165) is 0 Å². The monoisotopic (exact) mass is 223 g/mol. The predicted molar refractivity (Wildman–Crippen MR) is 60.8 cm³/mol. The highest BCUT2D eigenvalue weighted by Crippen LogP contribution is 2.26. The third-order valence-electron chi connectivity index (χ3n) is 2.81. The van der Waals surface area contributed by atoms with Crippen LogP contribution < -0.4 is 5.32 Å². The quantitative estimate of drug-likeness (QED) is 0.707. The summed E-state index contributed by atoms with van der Waals surface area (Å²) < 4.78 is 0. The molecule has 16 heavy (non-hydrogen) atoms. The third kappa shape index (κ3) is 2.95. The molecule has 1 rings (SSSR count). The van der Waals surface area contributed by atoms with Gasteiger partial charge in [0.25, 0.3) is 0 Å². The molecule has 0 aromatic rings. The van der Waals surface area contributed by atoms with Crippen LogP contribution in [0.1, 0.15) is 19.8 Å². The van der Waals surface area contributed by atoms with E-state index in [4.69, 9.17) is 5.11 Å². The van der Waals surface area contributed by atoms with Gasteiger partial charge in [-0.15, -0.1) is 6.58 Å². The zero-order chi connectivity index (χ0) is 12.1. The van der Waals surface area contributed by atoms with Crippen molar-refractivity contribution >= 4 is 11.9 Å². The number of carboxylic acids is 1. The Hall–Kier alpha value is -1.58. The molecule has 1 aliphatic rings. The summed E-state index contributed by atoms with van der Waals surface area (Å²) in [6.45, 7) is 5.37. The van der Waals surface area contributed by atoms with Gasteiger partial charge in [0.05, 0.1) is 11.8 Å². The molecule has 0 aromatic carbocycles. The molecule has 0 spiro atoms. The van der Waals surface area contributed by atoms with Crippen LogP contribution in [0.25, 0.3) is 0 Å². The van der Waals surface area contributed by atoms with Gasteiger partial charge in [0.1, 0.15) is 0 Å². The van der Waals surface area contributed by atoms with Crippen molar-refractivity contribution in [1.82, 2.24) is 5.32 Å². The van der Waals surface area contributed by atoms with Crippen LogP contribution in [-0.2, 0) is 9.59 Å². The van der Waals surface area contributed by atoms with E-state index >= 15 is 0 Å². The summed E-state index contributed by atoms with van der Waals surface area (Å²) >= 11 is 0. The lowest BCUT2D eigenvalue weighted by Gasteiger charge is -2.25. The number of amides is 1. The summed E-state index contributed by atoms with van der Waals surface area (Å²) in [7, 11) is 0. The molecule has 88 valence electrons. The number of rotatable bonds is 4. The molecule has 1 aliphatic carbocycles. The average molecular weight is 223 g/mol. The fraction of sp³-hybridized carbons (Fsp3) is 0.500. The minimum atomic E-state index is -0.907. The molecule has 0 heterocycles. The van der Waals surface area contributed by atoms with Crippen molar-refractivity contribution in [3.63, 3.8) is 0 Å². The highest BCUT2D eigenvalue weighted by Gasteiger charge is 2.33. The van der Waals surface area contributed by atoms with Crippen LogP contribution in [-0.4, -0.2) is 23.0 Å². The minimum absolute atomic E-state index is 0.132. The van der Waals surface area contributed by atoms with Gasteiger partial charge in [0, 0.05) is 6.04 Å². The van der Waals surface area contributed by atoms with Gasteiger partial charge < -0.3 is 10.4 Å². The average Bonchev–Trinajstić information content (AvgIpc) is 2.28. The Kier molecular flexibility index (Phi) is 4.28. The van der Waals surface area contributed by atoms with E-state index in [-0.39, 0.29) is 11.9 Å². The Labute approximate surface area is 95.0 Å². The Morgan fingerprint density at radius 3 is 2.50 bits per heavy atom. The maximum absolute atomic E-state index is 11.8. The fourth-order valence-corrected chi connectivity index (χ4v) is 1.77. The van der Waals surface area contributed by atoms with Gasteiger partial charge >= 0.3 is 5.97 Å². The number of aliphatic carboxylic acids is 1. The molecule has 2 N–H and O–H groups in total. The topological polar surface area (TPSA) is 66.4 Å². The van der Waals surface area contributed by atoms with Crippen molar-refractivity contribution in [3.8, 4) is 0 Å². The van der Waals surface area contributed by atoms with Crippen molar-refractivity contribution in [2.45, 2.75) is 25.8 Å². The summed E-state index contributed by atoms with van der Waals surface area (Å²) in [6, 6.07) is -0.132. The zero-order valence-electron chi connectivity index (χ0n) is 9.35. The Bertz CT molecular complexity index is 322. The first-order valence-electron chi connectivity index (χ1n) is 5.37. The Balaban J connectivity index is 2.69. The van der Waals surface area contributed by atoms with E-state index < -0.39 is 17.8 Å². The standard InChI is InChI=1S/C12H17NO3/c1-3-8(2)13-11(14)9-6-4-5-7-10(9)12(15)16/h3-5,8-10H,1,6-7H2,2H3,(H,13,14)(H,15,16). The lowest BCUT2D eigenvalue weighted by molar-refractivity contribution is -0.147. The molecule has 0 aromatic heterocycles. The number of hydrogen-bond donors (Lipinski definition) is 2. The first-order valence-corrected chi connectivity index (χ1v) is 5.37. The first kappa shape index (κ1) is 12.5. The molecule has 3 unspecified atom stereocenters. The summed E-state index contributed by atoms with van der Waals surface area (Å²) in [6.07, 6.45) is 6.22. The van der Waals surface area contributed by atoms with Gasteiger partial charge in [-0.2, -0.15) is 0 Å². The van der Waals surface area contributed by atoms with Crippen LogP contribution in [0.4, 0.5) is 0 Å². The van der Waals surface area contributed by atoms with Crippen LogP contribution in [0, 0.1) is 11.8 Å². The van der Waals surface area contributed by atoms with Crippen LogP contribution in [0.5, 0.6) is 0 Å². The molecule has 3 atom stereocenters. The van der Waals surface area contributed by atoms with Crippen molar-refractivity contribution < 1.29 is 14.7 Å². The highest BCUT2D eigenvalue weighted by molar-refractivity contribution is 5.85. The lowest BCUT2D eigenvalue weighted by atomic mass is 9.82. The minimum Gasteiger partial charge on any atom is -0.481 e. The van der Waals surface area contributed by atoms with Gasteiger partial charge in [0.2, 0.25) is 5.91 Å². The maximum Gasteiger partial charge on any atom is 0.307 e. The zero-order valence-corrected chi connectivity index (χ0v) is 9.35. The van der Waals surface area contributed by atoms with E-state index in [2.05, 4.69) is 11.9 Å². The molecular weight excluding hydrogens is 206 g/mol. The van der Waals surface area contributed by atoms with Crippen molar-refractivity contribution in [1.29, 1.82) is 0 Å². The van der Waals surface area contributed by atoms with Gasteiger partial charge in [-0.3, -0.25) is 9.59 Å². The molecule has 1 amide bonds. The van der Waals surface area contributed by atoms with Gasteiger partial charge in [-0.1, -0.05) is 18.2 Å². The summed E-state index contributed by atoms with van der Waals surface area (Å²) in [5.41, 5.74) is 0. The van der Waals surface area contributed by atoms with E-state index in [1.54, 1.807) is 13.0 Å². The molecule has 4 nitrogen and oxygen atoms in total. The second-order valence-corrected chi connectivity index (χ2v) is 4.03. The largest absolute Gasteiger partial charge is 0.481 e. The Morgan fingerprint density at radius 1 is 1.44 bits per heavy atom. The molecule has 0 fully saturated rings. The van der Waals surface area contributed by atoms with E-state index in [1.807, 2.05) is 12.2 Å². The second kappa shape index (κ2) is 5.49. The highest BCUT2D eigenvalue weighted by atomic mass is 16.4. The molecule has 4 heteroatoms. The van der Waals surface area contributed by atoms with Crippen molar-refractivity contribution in [3.05, 3.63) is 24.8 Å². The smallest absolute Gasteiger partial charge is 0.307 e. The van der Waals surface area contributed by atoms with Crippen molar-refractivity contribution in [2.75, 3.05) is 0 Å². The molecule has 0 saturated carbocycles. The predicted octanol–water partition coefficient (Wildman–Crippen LogP) is 1.34. The Morgan fingerprint density at radius 2 is 2.00 bits per heavy atom. The van der Waals surface area contributed by atoms with Crippen LogP contribution in [0.3, 0.4) is 0 Å². The molecule has 0 bridgehead atoms. The molecule has 0 aliphatic heterocycles. The second-order valence-electron chi connectivity index (χ2n) is 4.03. The summed E-state index contributed by atoms with van der Waals surface area (Å²) in [4.78, 5) is 22.8. The third-order valence-corrected chi connectivity index (χ3v) is 2.81. The number of allylic oxidation sites excluding steroid dienone is 2. The van der Waals surface area contributed by atoms with E-state index in [1.165, 1.54) is 0 Å². The first-order chi connectivity index (χ1) is 7.56. The number of nitrogens with one attached hydrogen (secondary N) is 1. The molecule has 0 radical (unpaired) electrons. The number of carboxylic acid groups (broad SMARTS) is 1. The molecular formula is C12H17NO3. The van der Waals surface area contributed by atoms with Crippen LogP contribution >= 0.6 is 0 Å². The maximum atomic E-state index is 11.8. The lowest BCUT2D eigenvalue weighted by Crippen LogP contribution is -2.41. The summed E-state index contributed by atoms with van der Waals surface area (Å²) in [5, 5.41) is 11.7. The van der Waals surface area contributed by atoms with Crippen molar-refractivity contribution in [2.24, 2.45) is 11.8 Å². The van der Waals surface area contributed by atoms with Crippen LogP contribution in [0.15, 0.2) is 24.8 Å². The molecule has 0 saturated heterocycles. The van der Waals surface area contributed by atoms with Gasteiger partial charge in [0.15, 0.2) is 0 Å². The number of hydrogen-bond acceptors (Lipinski definition) is 2. The van der Waals surface area contributed by atoms with Gasteiger partial charge in [-0.05, 0) is 19.8 Å². The SMILES string of the molecule is C=CC(C)NC(=O)C1CC=CCC1C(=O)O. The van der Waals surface area contributed by atoms with Gasteiger partial charge in [-0.25, -0.2) is 0 Å². The normalized spacial score (nSPS) is 25.8. The fourth-order valence-electron chi connectivity index (χ4n) is 1.77. The van der Waals surface area contributed by atoms with E-state index in [9.17, 15) is 9.59 Å².